The van der Waals surface area contributed by atoms with Gasteiger partial charge in [0.05, 0.1) is 10.9 Å². The zero-order chi connectivity index (χ0) is 26.1. The molecule has 0 saturated heterocycles. The van der Waals surface area contributed by atoms with Crippen LogP contribution >= 0.6 is 7.81 Å². The van der Waals surface area contributed by atoms with E-state index < -0.39 is 7.81 Å². The Hall–Kier alpha value is -1.98. The molecule has 0 N–H and O–H groups in total. The summed E-state index contributed by atoms with van der Waals surface area (Å²) >= 11 is 0. The molecule has 34 heavy (non-hydrogen) atoms. The quantitative estimate of drug-likeness (QED) is 0.183. The zero-order valence-electron chi connectivity index (χ0n) is 20.1. The molecular formula is C26H31F6PS. The van der Waals surface area contributed by atoms with Gasteiger partial charge < -0.3 is 0 Å². The molecule has 0 fully saturated rings. The molecule has 0 saturated carbocycles. The topological polar surface area (TPSA) is 0 Å². The van der Waals surface area contributed by atoms with Crippen molar-refractivity contribution in [2.75, 3.05) is 0 Å². The molecule has 0 atom stereocenters. The second-order valence-electron chi connectivity index (χ2n) is 10.1. The van der Waals surface area contributed by atoms with Crippen molar-refractivity contribution in [3.8, 4) is 0 Å². The first-order chi connectivity index (χ1) is 15.1. The Bertz CT molecular complexity index is 1010. The van der Waals surface area contributed by atoms with E-state index in [0.717, 1.165) is 0 Å². The Morgan fingerprint density at radius 3 is 1.00 bits per heavy atom. The van der Waals surface area contributed by atoms with Crippen LogP contribution in [0.5, 0.6) is 0 Å². The average molecular weight is 521 g/mol. The van der Waals surface area contributed by atoms with Gasteiger partial charge in [0.1, 0.15) is 0 Å². The molecule has 3 rings (SSSR count). The Labute approximate surface area is 201 Å². The molecule has 0 bridgehead atoms. The van der Waals surface area contributed by atoms with Crippen LogP contribution in [0.3, 0.4) is 0 Å². The van der Waals surface area contributed by atoms with Crippen molar-refractivity contribution in [3.63, 3.8) is 0 Å². The summed E-state index contributed by atoms with van der Waals surface area (Å²) < 4.78 is 59.2. The molecule has 3 aromatic rings. The van der Waals surface area contributed by atoms with Crippen LogP contribution < -0.4 is 0 Å². The molecule has 0 amide bonds. The maximum atomic E-state index is 9.87. The third-order valence-corrected chi connectivity index (χ3v) is 7.12. The van der Waals surface area contributed by atoms with Crippen molar-refractivity contribution in [1.29, 1.82) is 0 Å². The van der Waals surface area contributed by atoms with Gasteiger partial charge in [0, 0.05) is 0 Å². The fourth-order valence-corrected chi connectivity index (χ4v) is 5.21. The van der Waals surface area contributed by atoms with Crippen molar-refractivity contribution in [1.82, 2.24) is 0 Å². The summed E-state index contributed by atoms with van der Waals surface area (Å²) in [5, 5.41) is 0. The van der Waals surface area contributed by atoms with Crippen molar-refractivity contribution < 1.29 is 25.2 Å². The third-order valence-electron chi connectivity index (χ3n) is 4.89. The zero-order valence-corrected chi connectivity index (χ0v) is 21.8. The molecular weight excluding hydrogens is 489 g/mol. The first-order valence-electron chi connectivity index (χ1n) is 10.7. The van der Waals surface area contributed by atoms with Crippen LogP contribution in [0.25, 0.3) is 0 Å². The summed E-state index contributed by atoms with van der Waals surface area (Å²) in [6, 6.07) is 29.3. The minimum absolute atomic E-state index is 0.0847. The van der Waals surface area contributed by atoms with Gasteiger partial charge in [0.15, 0.2) is 14.7 Å². The number of rotatable bonds is 3. The van der Waals surface area contributed by atoms with Crippen LogP contribution in [-0.4, -0.2) is 0 Å². The first kappa shape index (κ1) is 28.3. The van der Waals surface area contributed by atoms with Gasteiger partial charge in [-0.2, -0.15) is 0 Å². The summed E-state index contributed by atoms with van der Waals surface area (Å²) in [5.41, 5.74) is 3.12. The fourth-order valence-electron chi connectivity index (χ4n) is 3.15. The maximum absolute atomic E-state index is 10.7. The van der Waals surface area contributed by atoms with Gasteiger partial charge in [-0.15, -0.1) is 0 Å². The van der Waals surface area contributed by atoms with Crippen molar-refractivity contribution in [2.45, 2.75) is 67.1 Å². The molecule has 0 aliphatic rings. The van der Waals surface area contributed by atoms with Gasteiger partial charge >= 0.3 is 33.0 Å². The van der Waals surface area contributed by atoms with E-state index in [-0.39, 0.29) is 21.7 Å². The van der Waals surface area contributed by atoms with Crippen LogP contribution in [0.4, 0.5) is 25.2 Å². The monoisotopic (exact) mass is 520 g/mol. The second-order valence-corrected chi connectivity index (χ2v) is 14.1. The Kier molecular flexibility index (Phi) is 7.40. The van der Waals surface area contributed by atoms with Gasteiger partial charge in [-0.3, -0.25) is 0 Å². The SMILES string of the molecule is CC(C)(C)c1ccc([S+](c2ccccc2)c2ccc(C(C)(C)C)cc2)cc1.F[P-](F)(F)(F)(F)F. The van der Waals surface area contributed by atoms with Crippen molar-refractivity contribution >= 4 is 18.7 Å². The summed E-state index contributed by atoms with van der Waals surface area (Å²) in [6.45, 7) is 13.6. The Morgan fingerprint density at radius 1 is 0.471 bits per heavy atom. The van der Waals surface area contributed by atoms with Crippen LogP contribution in [0.2, 0.25) is 0 Å². The molecule has 0 aliphatic carbocycles. The fraction of sp³-hybridized carbons (Fsp3) is 0.308. The van der Waals surface area contributed by atoms with Crippen LogP contribution in [0.1, 0.15) is 52.7 Å². The van der Waals surface area contributed by atoms with E-state index in [2.05, 4.69) is 120 Å². The summed E-state index contributed by atoms with van der Waals surface area (Å²) in [7, 11) is -10.7. The molecule has 0 aromatic heterocycles. The van der Waals surface area contributed by atoms with Crippen LogP contribution in [0.15, 0.2) is 93.5 Å². The standard InChI is InChI=1S/C26H31S.F6P/c1-25(2,3)20-12-16-23(17-13-20)27(22-10-8-7-9-11-22)24-18-14-21(15-19-24)26(4,5)6;1-7(2,3,4,5)6/h7-19H,1-6H3;/q+1;-1. The molecule has 0 heterocycles. The summed E-state index contributed by atoms with van der Waals surface area (Å²) in [5.74, 6) is 0. The first-order valence-corrected chi connectivity index (χ1v) is 13.9. The second kappa shape index (κ2) is 8.91. The predicted octanol–water partition coefficient (Wildman–Crippen LogP) is 10.8. The molecule has 0 spiro atoms. The molecule has 0 nitrogen and oxygen atoms in total. The number of hydrogen-bond acceptors (Lipinski definition) is 0. The Morgan fingerprint density at radius 2 is 0.735 bits per heavy atom. The van der Waals surface area contributed by atoms with E-state index in [1.807, 2.05) is 0 Å². The van der Waals surface area contributed by atoms with Gasteiger partial charge in [-0.25, -0.2) is 0 Å². The molecule has 0 aliphatic heterocycles. The molecule has 8 heteroatoms. The minimum atomic E-state index is -10.7. The van der Waals surface area contributed by atoms with Crippen molar-refractivity contribution in [2.24, 2.45) is 0 Å². The number of hydrogen-bond donors (Lipinski definition) is 0. The average Bonchev–Trinajstić information content (AvgIpc) is 2.66. The number of halogens is 6. The third kappa shape index (κ3) is 10.1. The molecule has 3 aromatic carbocycles. The van der Waals surface area contributed by atoms with E-state index in [1.54, 1.807) is 0 Å². The molecule has 188 valence electrons. The number of benzene rings is 3. The van der Waals surface area contributed by atoms with E-state index in [4.69, 9.17) is 0 Å². The van der Waals surface area contributed by atoms with Gasteiger partial charge in [0.25, 0.3) is 0 Å². The van der Waals surface area contributed by atoms with Gasteiger partial charge in [-0.1, -0.05) is 84.0 Å². The van der Waals surface area contributed by atoms with E-state index >= 15 is 0 Å². The van der Waals surface area contributed by atoms with E-state index in [9.17, 15) is 25.2 Å². The summed E-state index contributed by atoms with van der Waals surface area (Å²) in [4.78, 5) is 4.11. The Balaban J connectivity index is 0.000000509. The van der Waals surface area contributed by atoms with E-state index in [1.165, 1.54) is 25.8 Å². The molecule has 0 unspecified atom stereocenters. The molecule has 0 radical (unpaired) electrons. The van der Waals surface area contributed by atoms with Crippen LogP contribution in [0, 0.1) is 0 Å². The van der Waals surface area contributed by atoms with Gasteiger partial charge in [0.2, 0.25) is 0 Å². The van der Waals surface area contributed by atoms with Crippen LogP contribution in [-0.2, 0) is 21.7 Å². The van der Waals surface area contributed by atoms with Gasteiger partial charge in [-0.05, 0) is 58.4 Å². The summed E-state index contributed by atoms with van der Waals surface area (Å²) in [6.07, 6.45) is 0. The van der Waals surface area contributed by atoms with E-state index in [0.29, 0.717) is 0 Å². The van der Waals surface area contributed by atoms with Crippen molar-refractivity contribution in [3.05, 3.63) is 90.0 Å². The predicted molar refractivity (Wildman–Crippen MR) is 132 cm³/mol. The normalized spacial score (nSPS) is 14.6.